The lowest BCUT2D eigenvalue weighted by molar-refractivity contribution is 0.871. The first-order valence-electron chi connectivity index (χ1n) is 3.69. The Balaban J connectivity index is 3.18. The van der Waals surface area contributed by atoms with E-state index in [1.807, 2.05) is 6.92 Å². The smallest absolute Gasteiger partial charge is 0.271 e. The fourth-order valence-electron chi connectivity index (χ4n) is 0.927. The first-order valence-corrected chi connectivity index (χ1v) is 4.07. The molecular weight excluding hydrogens is 178 g/mol. The second kappa shape index (κ2) is 3.58. The van der Waals surface area contributed by atoms with Crippen LogP contribution in [0.15, 0.2) is 4.79 Å². The quantitative estimate of drug-likeness (QED) is 0.725. The van der Waals surface area contributed by atoms with Crippen LogP contribution in [0.2, 0.25) is 5.02 Å². The molecule has 0 amide bonds. The molecule has 0 aliphatic carbocycles. The lowest BCUT2D eigenvalue weighted by Gasteiger charge is -2.00. The third-order valence-corrected chi connectivity index (χ3v) is 1.83. The number of hydrogen-bond donors (Lipinski definition) is 2. The third kappa shape index (κ3) is 1.76. The van der Waals surface area contributed by atoms with Crippen LogP contribution >= 0.6 is 11.6 Å². The SMILES string of the molecule is CCCc1nc(N)[nH]c(=O)c1Cl. The Labute approximate surface area is 74.8 Å². The zero-order valence-corrected chi connectivity index (χ0v) is 7.48. The zero-order chi connectivity index (χ0) is 9.14. The number of nitrogens with one attached hydrogen (secondary N) is 1. The Bertz CT molecular complexity index is 334. The predicted octanol–water partition coefficient (Wildman–Crippen LogP) is 0.958. The number of anilines is 1. The van der Waals surface area contributed by atoms with Crippen molar-refractivity contribution in [1.82, 2.24) is 9.97 Å². The summed E-state index contributed by atoms with van der Waals surface area (Å²) in [4.78, 5) is 17.3. The summed E-state index contributed by atoms with van der Waals surface area (Å²) in [6, 6.07) is 0. The monoisotopic (exact) mass is 187 g/mol. The Morgan fingerprint density at radius 3 is 2.92 bits per heavy atom. The molecule has 0 saturated carbocycles. The number of nitrogens with zero attached hydrogens (tertiary/aromatic N) is 1. The van der Waals surface area contributed by atoms with Gasteiger partial charge in [0.15, 0.2) is 0 Å². The molecule has 1 aromatic rings. The van der Waals surface area contributed by atoms with E-state index >= 15 is 0 Å². The summed E-state index contributed by atoms with van der Waals surface area (Å²) >= 11 is 5.68. The topological polar surface area (TPSA) is 71.8 Å². The summed E-state index contributed by atoms with van der Waals surface area (Å²) in [7, 11) is 0. The summed E-state index contributed by atoms with van der Waals surface area (Å²) < 4.78 is 0. The molecule has 0 aliphatic rings. The van der Waals surface area contributed by atoms with E-state index in [1.165, 1.54) is 0 Å². The lowest BCUT2D eigenvalue weighted by Crippen LogP contribution is -2.14. The molecular formula is C7H10ClN3O. The van der Waals surface area contributed by atoms with Gasteiger partial charge in [-0.05, 0) is 6.42 Å². The van der Waals surface area contributed by atoms with Crippen molar-refractivity contribution in [3.8, 4) is 0 Å². The normalized spacial score (nSPS) is 10.2. The van der Waals surface area contributed by atoms with Crippen molar-refractivity contribution in [1.29, 1.82) is 0 Å². The van der Waals surface area contributed by atoms with E-state index in [9.17, 15) is 4.79 Å². The van der Waals surface area contributed by atoms with Crippen molar-refractivity contribution in [3.63, 3.8) is 0 Å². The molecule has 1 rings (SSSR count). The van der Waals surface area contributed by atoms with Gasteiger partial charge in [-0.2, -0.15) is 0 Å². The molecule has 0 radical (unpaired) electrons. The van der Waals surface area contributed by atoms with E-state index < -0.39 is 0 Å². The van der Waals surface area contributed by atoms with Crippen molar-refractivity contribution in [2.45, 2.75) is 19.8 Å². The minimum atomic E-state index is -0.368. The van der Waals surface area contributed by atoms with Gasteiger partial charge in [-0.3, -0.25) is 9.78 Å². The van der Waals surface area contributed by atoms with Crippen molar-refractivity contribution in [2.75, 3.05) is 5.73 Å². The Hall–Kier alpha value is -1.03. The predicted molar refractivity (Wildman–Crippen MR) is 48.3 cm³/mol. The fourth-order valence-corrected chi connectivity index (χ4v) is 1.11. The molecule has 0 aliphatic heterocycles. The maximum Gasteiger partial charge on any atom is 0.271 e. The maximum absolute atomic E-state index is 11.0. The van der Waals surface area contributed by atoms with Gasteiger partial charge in [0.1, 0.15) is 5.02 Å². The lowest BCUT2D eigenvalue weighted by atomic mass is 10.2. The summed E-state index contributed by atoms with van der Waals surface area (Å²) in [5.74, 6) is 0.118. The van der Waals surface area contributed by atoms with Crippen molar-refractivity contribution < 1.29 is 0 Å². The number of rotatable bonds is 2. The molecule has 0 aromatic carbocycles. The highest BCUT2D eigenvalue weighted by atomic mass is 35.5. The molecule has 0 saturated heterocycles. The second-order valence-corrected chi connectivity index (χ2v) is 2.84. The van der Waals surface area contributed by atoms with Crippen LogP contribution < -0.4 is 11.3 Å². The third-order valence-electron chi connectivity index (χ3n) is 1.44. The van der Waals surface area contributed by atoms with Gasteiger partial charge in [0.25, 0.3) is 5.56 Å². The largest absolute Gasteiger partial charge is 0.369 e. The van der Waals surface area contributed by atoms with Crippen LogP contribution in [0.4, 0.5) is 5.95 Å². The van der Waals surface area contributed by atoms with Gasteiger partial charge in [0.05, 0.1) is 5.69 Å². The second-order valence-electron chi connectivity index (χ2n) is 2.46. The van der Waals surface area contributed by atoms with E-state index in [2.05, 4.69) is 9.97 Å². The van der Waals surface area contributed by atoms with E-state index in [0.717, 1.165) is 6.42 Å². The van der Waals surface area contributed by atoms with Gasteiger partial charge >= 0.3 is 0 Å². The molecule has 3 N–H and O–H groups in total. The Morgan fingerprint density at radius 1 is 1.67 bits per heavy atom. The molecule has 1 heterocycles. The van der Waals surface area contributed by atoms with Crippen LogP contribution in [-0.4, -0.2) is 9.97 Å². The van der Waals surface area contributed by atoms with E-state index in [-0.39, 0.29) is 16.5 Å². The molecule has 0 bridgehead atoms. The van der Waals surface area contributed by atoms with E-state index in [4.69, 9.17) is 17.3 Å². The molecule has 0 spiro atoms. The first kappa shape index (κ1) is 9.06. The summed E-state index contributed by atoms with van der Waals surface area (Å²) in [5, 5.41) is 0.144. The number of halogens is 1. The Kier molecular flexibility index (Phi) is 2.70. The van der Waals surface area contributed by atoms with Gasteiger partial charge in [0, 0.05) is 0 Å². The van der Waals surface area contributed by atoms with Gasteiger partial charge in [0.2, 0.25) is 5.95 Å². The van der Waals surface area contributed by atoms with Crippen molar-refractivity contribution in [2.24, 2.45) is 0 Å². The van der Waals surface area contributed by atoms with Gasteiger partial charge in [-0.15, -0.1) is 0 Å². The fraction of sp³-hybridized carbons (Fsp3) is 0.429. The van der Waals surface area contributed by atoms with Crippen LogP contribution in [0.3, 0.4) is 0 Å². The van der Waals surface area contributed by atoms with E-state index in [0.29, 0.717) is 12.1 Å². The van der Waals surface area contributed by atoms with E-state index in [1.54, 1.807) is 0 Å². The number of H-pyrrole nitrogens is 1. The van der Waals surface area contributed by atoms with Crippen LogP contribution in [0.5, 0.6) is 0 Å². The highest BCUT2D eigenvalue weighted by Crippen LogP contribution is 2.09. The number of hydrogen-bond acceptors (Lipinski definition) is 3. The number of aromatic nitrogens is 2. The molecule has 0 atom stereocenters. The maximum atomic E-state index is 11.0. The van der Waals surface area contributed by atoms with Crippen molar-refractivity contribution in [3.05, 3.63) is 21.1 Å². The standard InChI is InChI=1S/C7H10ClN3O/c1-2-3-4-5(8)6(12)11-7(9)10-4/h2-3H2,1H3,(H3,9,10,11,12). The van der Waals surface area contributed by atoms with Crippen LogP contribution in [0.1, 0.15) is 19.0 Å². The molecule has 0 unspecified atom stereocenters. The van der Waals surface area contributed by atoms with Gasteiger partial charge < -0.3 is 5.73 Å². The minimum Gasteiger partial charge on any atom is -0.369 e. The first-order chi connectivity index (χ1) is 5.65. The van der Waals surface area contributed by atoms with Crippen LogP contribution in [0.25, 0.3) is 0 Å². The van der Waals surface area contributed by atoms with Crippen LogP contribution in [-0.2, 0) is 6.42 Å². The molecule has 5 heteroatoms. The molecule has 1 aromatic heterocycles. The molecule has 12 heavy (non-hydrogen) atoms. The minimum absolute atomic E-state index is 0.118. The average Bonchev–Trinajstić information content (AvgIpc) is 2.00. The molecule has 0 fully saturated rings. The number of aromatic amines is 1. The Morgan fingerprint density at radius 2 is 2.33 bits per heavy atom. The highest BCUT2D eigenvalue weighted by molar-refractivity contribution is 6.31. The highest BCUT2D eigenvalue weighted by Gasteiger charge is 2.05. The molecule has 4 nitrogen and oxygen atoms in total. The summed E-state index contributed by atoms with van der Waals surface area (Å²) in [6.45, 7) is 1.98. The number of nitrogen functional groups attached to an aromatic ring is 1. The van der Waals surface area contributed by atoms with Crippen LogP contribution in [0, 0.1) is 0 Å². The number of aryl methyl sites for hydroxylation is 1. The zero-order valence-electron chi connectivity index (χ0n) is 6.72. The number of nitrogens with two attached hydrogens (primary N) is 1. The average molecular weight is 188 g/mol. The molecule has 66 valence electrons. The van der Waals surface area contributed by atoms with Gasteiger partial charge in [-0.1, -0.05) is 24.9 Å². The summed E-state index contributed by atoms with van der Waals surface area (Å²) in [6.07, 6.45) is 1.56. The van der Waals surface area contributed by atoms with Crippen molar-refractivity contribution >= 4 is 17.5 Å². The van der Waals surface area contributed by atoms with Gasteiger partial charge in [-0.25, -0.2) is 4.98 Å². The summed E-state index contributed by atoms with van der Waals surface area (Å²) in [5.41, 5.74) is 5.54.